The van der Waals surface area contributed by atoms with Crippen LogP contribution < -0.4 is 9.84 Å². The summed E-state index contributed by atoms with van der Waals surface area (Å²) in [5.74, 6) is -3.27. The molecule has 11 heteroatoms. The molecule has 0 bridgehead atoms. The van der Waals surface area contributed by atoms with Gasteiger partial charge in [0.25, 0.3) is 0 Å². The van der Waals surface area contributed by atoms with Crippen LogP contribution in [0.2, 0.25) is 0 Å². The zero-order chi connectivity index (χ0) is 19.9. The Morgan fingerprint density at radius 3 is 2.63 bits per heavy atom. The molecule has 0 radical (unpaired) electrons. The molecule has 3 aromatic rings. The minimum absolute atomic E-state index is 0.0782. The fourth-order valence-electron chi connectivity index (χ4n) is 2.54. The molecule has 2 heterocycles. The van der Waals surface area contributed by atoms with Crippen LogP contribution in [0.15, 0.2) is 41.0 Å². The van der Waals surface area contributed by atoms with E-state index in [-0.39, 0.29) is 15.7 Å². The van der Waals surface area contributed by atoms with Gasteiger partial charge < -0.3 is 19.7 Å². The number of halogens is 5. The van der Waals surface area contributed by atoms with Crippen molar-refractivity contribution in [2.24, 2.45) is 0 Å². The van der Waals surface area contributed by atoms with E-state index in [1.807, 2.05) is 0 Å². The zero-order valence-corrected chi connectivity index (χ0v) is 14.6. The number of carboxylic acids is 1. The van der Waals surface area contributed by atoms with Gasteiger partial charge in [0.15, 0.2) is 0 Å². The first-order valence-electron chi connectivity index (χ1n) is 7.19. The number of rotatable bonds is 4. The highest BCUT2D eigenvalue weighted by Gasteiger charge is 2.34. The van der Waals surface area contributed by atoms with Crippen molar-refractivity contribution in [3.05, 3.63) is 63.8 Å². The lowest BCUT2D eigenvalue weighted by Gasteiger charge is -2.18. The highest BCUT2D eigenvalue weighted by Crippen LogP contribution is 2.35. The van der Waals surface area contributed by atoms with E-state index in [1.165, 1.54) is 12.1 Å². The van der Waals surface area contributed by atoms with Gasteiger partial charge in [0.05, 0.1) is 16.1 Å². The number of carbonyl (C=O) groups excluding carboxylic acids is 1. The van der Waals surface area contributed by atoms with Gasteiger partial charge in [-0.25, -0.2) is 9.37 Å². The number of ether oxygens (including phenoxy) is 1. The van der Waals surface area contributed by atoms with Crippen LogP contribution in [0.1, 0.15) is 27.8 Å². The summed E-state index contributed by atoms with van der Waals surface area (Å²) >= 11 is 2.91. The lowest BCUT2D eigenvalue weighted by atomic mass is 10.0. The first-order chi connectivity index (χ1) is 12.6. The fraction of sp³-hybridized carbons (Fsp3) is 0.125. The highest BCUT2D eigenvalue weighted by molar-refractivity contribution is 9.10. The number of imidazole rings is 1. The minimum Gasteiger partial charge on any atom is -0.543 e. The van der Waals surface area contributed by atoms with Crippen molar-refractivity contribution in [2.75, 3.05) is 0 Å². The first kappa shape index (κ1) is 19.1. The fourth-order valence-corrected chi connectivity index (χ4v) is 2.86. The number of alkyl halides is 3. The van der Waals surface area contributed by atoms with Crippen molar-refractivity contribution >= 4 is 27.5 Å². The van der Waals surface area contributed by atoms with Crippen LogP contribution in [-0.2, 0) is 0 Å². The third kappa shape index (κ3) is 3.74. The second kappa shape index (κ2) is 6.82. The van der Waals surface area contributed by atoms with Crippen LogP contribution in [0.25, 0.3) is 5.65 Å². The Bertz CT molecular complexity index is 1040. The number of fused-ring (bicyclic) bond motifs is 1. The summed E-state index contributed by atoms with van der Waals surface area (Å²) < 4.78 is 56.4. The Balaban J connectivity index is 2.22. The van der Waals surface area contributed by atoms with Gasteiger partial charge in [-0.1, -0.05) is 18.2 Å². The second-order valence-corrected chi connectivity index (χ2v) is 6.17. The number of aromatic carboxylic acids is 1. The van der Waals surface area contributed by atoms with Crippen LogP contribution in [0.4, 0.5) is 17.6 Å². The SMILES string of the molecule is O=C([O-])c1nc2cc(F)c(Br)cn2c1C(O)c1ccccc1OC(F)(F)F. The maximum Gasteiger partial charge on any atom is 0.573 e. The van der Waals surface area contributed by atoms with Gasteiger partial charge in [-0.15, -0.1) is 13.2 Å². The average Bonchev–Trinajstić information content (AvgIpc) is 2.92. The van der Waals surface area contributed by atoms with Gasteiger partial charge in [0, 0.05) is 17.8 Å². The topological polar surface area (TPSA) is 86.9 Å². The highest BCUT2D eigenvalue weighted by atomic mass is 79.9. The smallest absolute Gasteiger partial charge is 0.543 e. The summed E-state index contributed by atoms with van der Waals surface area (Å²) in [6.45, 7) is 0. The molecule has 1 N–H and O–H groups in total. The average molecular weight is 448 g/mol. The van der Waals surface area contributed by atoms with Crippen LogP contribution in [-0.4, -0.2) is 26.8 Å². The molecule has 0 saturated heterocycles. The molecule has 6 nitrogen and oxygen atoms in total. The van der Waals surface area contributed by atoms with Crippen molar-refractivity contribution in [3.63, 3.8) is 0 Å². The van der Waals surface area contributed by atoms with E-state index in [4.69, 9.17) is 0 Å². The van der Waals surface area contributed by atoms with Crippen LogP contribution >= 0.6 is 15.9 Å². The molecule has 0 spiro atoms. The monoisotopic (exact) mass is 447 g/mol. The van der Waals surface area contributed by atoms with Crippen molar-refractivity contribution in [2.45, 2.75) is 12.5 Å². The summed E-state index contributed by atoms with van der Waals surface area (Å²) in [5, 5.41) is 22.0. The number of pyridine rings is 1. The lowest BCUT2D eigenvalue weighted by Crippen LogP contribution is -2.25. The molecule has 0 saturated carbocycles. The maximum atomic E-state index is 13.7. The van der Waals surface area contributed by atoms with Gasteiger partial charge in [-0.3, -0.25) is 4.40 Å². The van der Waals surface area contributed by atoms with E-state index in [1.54, 1.807) is 0 Å². The quantitative estimate of drug-likeness (QED) is 0.621. The van der Waals surface area contributed by atoms with E-state index in [2.05, 4.69) is 25.7 Å². The van der Waals surface area contributed by atoms with Crippen molar-refractivity contribution < 1.29 is 37.3 Å². The molecular formula is C16H8BrF4N2O4-. The lowest BCUT2D eigenvalue weighted by molar-refractivity contribution is -0.275. The number of hydrogen-bond acceptors (Lipinski definition) is 5. The Labute approximate surface area is 156 Å². The molecule has 0 fully saturated rings. The van der Waals surface area contributed by atoms with E-state index in [0.717, 1.165) is 28.8 Å². The number of benzene rings is 1. The van der Waals surface area contributed by atoms with E-state index in [9.17, 15) is 32.6 Å². The molecule has 27 heavy (non-hydrogen) atoms. The van der Waals surface area contributed by atoms with E-state index < -0.39 is 41.4 Å². The Hall–Kier alpha value is -2.66. The minimum atomic E-state index is -5.03. The summed E-state index contributed by atoms with van der Waals surface area (Å²) in [7, 11) is 0. The summed E-state index contributed by atoms with van der Waals surface area (Å²) in [6.07, 6.45) is -5.82. The number of aliphatic hydroxyl groups is 1. The number of aliphatic hydroxyl groups excluding tert-OH is 1. The summed E-state index contributed by atoms with van der Waals surface area (Å²) in [5.41, 5.74) is -1.71. The number of para-hydroxylation sites is 1. The zero-order valence-electron chi connectivity index (χ0n) is 13.0. The predicted octanol–water partition coefficient (Wildman–Crippen LogP) is 2.58. The maximum absolute atomic E-state index is 13.7. The molecule has 1 atom stereocenters. The molecule has 142 valence electrons. The molecule has 0 amide bonds. The van der Waals surface area contributed by atoms with Gasteiger partial charge in [0.1, 0.15) is 29.0 Å². The first-order valence-corrected chi connectivity index (χ1v) is 7.99. The molecule has 3 rings (SSSR count). The molecule has 2 aromatic heterocycles. The largest absolute Gasteiger partial charge is 0.573 e. The van der Waals surface area contributed by atoms with Crippen molar-refractivity contribution in [3.8, 4) is 5.75 Å². The number of carboxylic acid groups (broad SMARTS) is 1. The molecule has 0 aliphatic rings. The standard InChI is InChI=1S/C16H9BrF4N2O4/c17-8-6-23-11(5-9(8)18)22-12(15(25)26)13(23)14(24)7-3-1-2-4-10(7)27-16(19,20)21/h1-6,14,24H,(H,25,26)/p-1. The Morgan fingerprint density at radius 2 is 2.00 bits per heavy atom. The van der Waals surface area contributed by atoms with E-state index >= 15 is 0 Å². The van der Waals surface area contributed by atoms with Gasteiger partial charge in [-0.2, -0.15) is 0 Å². The van der Waals surface area contributed by atoms with Gasteiger partial charge >= 0.3 is 6.36 Å². The summed E-state index contributed by atoms with van der Waals surface area (Å²) in [4.78, 5) is 15.1. The van der Waals surface area contributed by atoms with Crippen LogP contribution in [0.5, 0.6) is 5.75 Å². The predicted molar refractivity (Wildman–Crippen MR) is 84.4 cm³/mol. The molecule has 1 unspecified atom stereocenters. The Morgan fingerprint density at radius 1 is 1.33 bits per heavy atom. The summed E-state index contributed by atoms with van der Waals surface area (Å²) in [6, 6.07) is 5.56. The second-order valence-electron chi connectivity index (χ2n) is 5.32. The molecule has 0 aliphatic carbocycles. The van der Waals surface area contributed by atoms with Crippen LogP contribution in [0, 0.1) is 5.82 Å². The van der Waals surface area contributed by atoms with Gasteiger partial charge in [-0.05, 0) is 22.0 Å². The van der Waals surface area contributed by atoms with Crippen molar-refractivity contribution in [1.29, 1.82) is 0 Å². The number of carbonyl (C=O) groups is 1. The van der Waals surface area contributed by atoms with Gasteiger partial charge in [0.2, 0.25) is 0 Å². The normalized spacial score (nSPS) is 13.0. The molecular weight excluding hydrogens is 440 g/mol. The number of hydrogen-bond donors (Lipinski definition) is 1. The third-order valence-electron chi connectivity index (χ3n) is 3.59. The third-order valence-corrected chi connectivity index (χ3v) is 4.18. The van der Waals surface area contributed by atoms with Crippen molar-refractivity contribution in [1.82, 2.24) is 9.38 Å². The number of nitrogens with zero attached hydrogens (tertiary/aromatic N) is 2. The van der Waals surface area contributed by atoms with Crippen LogP contribution in [0.3, 0.4) is 0 Å². The molecule has 1 aromatic carbocycles. The van der Waals surface area contributed by atoms with E-state index in [0.29, 0.717) is 0 Å². The Kier molecular flexibility index (Phi) is 4.82. The molecule has 0 aliphatic heterocycles. The number of aromatic nitrogens is 2.